The molecule has 3 aromatic rings. The fraction of sp³-hybridized carbons (Fsp3) is 0.300. The molecule has 0 fully saturated rings. The highest BCUT2D eigenvalue weighted by molar-refractivity contribution is 7.13. The van der Waals surface area contributed by atoms with Gasteiger partial charge < -0.3 is 15.0 Å². The smallest absolute Gasteiger partial charge is 0.414 e. The van der Waals surface area contributed by atoms with Gasteiger partial charge in [0.05, 0.1) is 16.8 Å². The van der Waals surface area contributed by atoms with Crippen molar-refractivity contribution in [2.45, 2.75) is 32.4 Å². The van der Waals surface area contributed by atoms with Gasteiger partial charge >= 0.3 is 12.1 Å². The van der Waals surface area contributed by atoms with E-state index in [1.54, 1.807) is 19.1 Å². The van der Waals surface area contributed by atoms with Crippen molar-refractivity contribution in [2.75, 3.05) is 6.54 Å². The number of nitrogens with two attached hydrogens (primary N) is 2. The number of aliphatic imine (C=N–C) groups is 1. The molecule has 0 spiro atoms. The minimum Gasteiger partial charge on any atom is -0.414 e. The van der Waals surface area contributed by atoms with Gasteiger partial charge in [-0.15, -0.1) is 11.3 Å². The SMILES string of the molecule is CCN1C(N)=Nc2cc(-c3cccs3)c3c(ccn3CC)c2C1(N)OC(=O)C(F)(F)F. The van der Waals surface area contributed by atoms with E-state index in [0.717, 1.165) is 20.9 Å². The van der Waals surface area contributed by atoms with Gasteiger partial charge in [-0.25, -0.2) is 9.79 Å². The maximum atomic E-state index is 13.1. The number of fused-ring (bicyclic) bond motifs is 3. The molecule has 7 nitrogen and oxygen atoms in total. The summed E-state index contributed by atoms with van der Waals surface area (Å²) in [5, 5.41) is 2.46. The summed E-state index contributed by atoms with van der Waals surface area (Å²) in [6.45, 7) is 4.26. The molecule has 1 aliphatic rings. The van der Waals surface area contributed by atoms with Crippen LogP contribution in [0.25, 0.3) is 21.3 Å². The van der Waals surface area contributed by atoms with Crippen LogP contribution in [-0.4, -0.2) is 34.1 Å². The van der Waals surface area contributed by atoms with Gasteiger partial charge in [-0.2, -0.15) is 13.2 Å². The van der Waals surface area contributed by atoms with Crippen LogP contribution in [0.15, 0.2) is 40.8 Å². The monoisotopic (exact) mass is 451 g/mol. The quantitative estimate of drug-likeness (QED) is 0.464. The average molecular weight is 451 g/mol. The molecule has 1 unspecified atom stereocenters. The van der Waals surface area contributed by atoms with E-state index in [1.165, 1.54) is 11.3 Å². The predicted octanol–water partition coefficient (Wildman–Crippen LogP) is 3.85. The molecule has 11 heteroatoms. The molecule has 1 aromatic carbocycles. The number of benzene rings is 1. The van der Waals surface area contributed by atoms with E-state index in [1.807, 2.05) is 35.2 Å². The van der Waals surface area contributed by atoms with Crippen molar-refractivity contribution < 1.29 is 22.7 Å². The number of halogens is 3. The summed E-state index contributed by atoms with van der Waals surface area (Å²) in [4.78, 5) is 18.3. The van der Waals surface area contributed by atoms with Crippen molar-refractivity contribution in [3.63, 3.8) is 0 Å². The number of thiophene rings is 1. The summed E-state index contributed by atoms with van der Waals surface area (Å²) in [5.41, 5.74) is 14.4. The number of aromatic nitrogens is 1. The third-order valence-corrected chi connectivity index (χ3v) is 6.12. The third kappa shape index (κ3) is 3.24. The number of carbonyl (C=O) groups is 1. The first-order valence-electron chi connectivity index (χ1n) is 9.52. The largest absolute Gasteiger partial charge is 0.491 e. The van der Waals surface area contributed by atoms with Crippen LogP contribution in [0, 0.1) is 0 Å². The van der Waals surface area contributed by atoms with Gasteiger partial charge in [0.25, 0.3) is 5.85 Å². The topological polar surface area (TPSA) is 98.9 Å². The fourth-order valence-electron chi connectivity index (χ4n) is 3.93. The van der Waals surface area contributed by atoms with Gasteiger partial charge in [-0.3, -0.25) is 10.6 Å². The van der Waals surface area contributed by atoms with E-state index in [-0.39, 0.29) is 23.8 Å². The zero-order valence-electron chi connectivity index (χ0n) is 16.7. The normalized spacial score (nSPS) is 18.8. The zero-order chi connectivity index (χ0) is 22.6. The molecule has 31 heavy (non-hydrogen) atoms. The number of esters is 1. The second kappa shape index (κ2) is 7.27. The summed E-state index contributed by atoms with van der Waals surface area (Å²) < 4.78 is 46.1. The molecule has 0 bridgehead atoms. The van der Waals surface area contributed by atoms with E-state index in [4.69, 9.17) is 16.2 Å². The van der Waals surface area contributed by atoms with E-state index < -0.39 is 18.0 Å². The Kier molecular flexibility index (Phi) is 4.97. The van der Waals surface area contributed by atoms with E-state index in [9.17, 15) is 18.0 Å². The lowest BCUT2D eigenvalue weighted by Gasteiger charge is -2.43. The first kappa shape index (κ1) is 21.2. The molecule has 4 N–H and O–H groups in total. The number of rotatable bonds is 4. The predicted molar refractivity (Wildman–Crippen MR) is 113 cm³/mol. The Labute approximate surface area is 179 Å². The molecule has 0 saturated heterocycles. The van der Waals surface area contributed by atoms with E-state index >= 15 is 0 Å². The van der Waals surface area contributed by atoms with Crippen LogP contribution >= 0.6 is 11.3 Å². The highest BCUT2D eigenvalue weighted by Gasteiger charge is 2.51. The van der Waals surface area contributed by atoms with E-state index in [0.29, 0.717) is 11.9 Å². The van der Waals surface area contributed by atoms with Gasteiger partial charge in [0.15, 0.2) is 0 Å². The van der Waals surface area contributed by atoms with Gasteiger partial charge in [-0.05, 0) is 37.4 Å². The van der Waals surface area contributed by atoms with Crippen molar-refractivity contribution in [3.05, 3.63) is 41.4 Å². The lowest BCUT2D eigenvalue weighted by molar-refractivity contribution is -0.227. The van der Waals surface area contributed by atoms with Crippen molar-refractivity contribution in [1.82, 2.24) is 9.47 Å². The summed E-state index contributed by atoms with van der Waals surface area (Å²) in [5.74, 6) is -4.83. The Morgan fingerprint density at radius 3 is 2.61 bits per heavy atom. The maximum Gasteiger partial charge on any atom is 0.491 e. The lowest BCUT2D eigenvalue weighted by Crippen LogP contribution is -2.62. The van der Waals surface area contributed by atoms with Crippen LogP contribution in [0.1, 0.15) is 19.4 Å². The summed E-state index contributed by atoms with van der Waals surface area (Å²) in [6.07, 6.45) is -3.41. The zero-order valence-corrected chi connectivity index (χ0v) is 17.5. The van der Waals surface area contributed by atoms with Crippen molar-refractivity contribution in [2.24, 2.45) is 16.5 Å². The molecular weight excluding hydrogens is 431 g/mol. The molecule has 2 aromatic heterocycles. The molecule has 1 atom stereocenters. The molecule has 3 heterocycles. The number of aryl methyl sites for hydroxylation is 1. The standard InChI is InChI=1S/C20H20F3N5O2S/c1-3-27-8-7-11-15-13(10-12(16(11)27)14-6-5-9-31-14)26-18(24)28(4-2)20(15,25)30-17(29)19(21,22)23/h5-10H,3-4,25H2,1-2H3,(H2,24,26). The Hall–Kier alpha value is -3.05. The van der Waals surface area contributed by atoms with Crippen molar-refractivity contribution in [3.8, 4) is 10.4 Å². The Bertz CT molecular complexity index is 1190. The van der Waals surface area contributed by atoms with Crippen LogP contribution in [0.2, 0.25) is 0 Å². The van der Waals surface area contributed by atoms with Gasteiger partial charge in [0, 0.05) is 35.1 Å². The Balaban J connectivity index is 2.06. The second-order valence-corrected chi connectivity index (χ2v) is 7.91. The molecule has 0 aliphatic carbocycles. The summed E-state index contributed by atoms with van der Waals surface area (Å²) >= 11 is 1.52. The molecule has 0 amide bonds. The number of nitrogens with zero attached hydrogens (tertiary/aromatic N) is 3. The average Bonchev–Trinajstić information content (AvgIpc) is 3.36. The number of alkyl halides is 3. The van der Waals surface area contributed by atoms with Crippen LogP contribution in [0.3, 0.4) is 0 Å². The lowest BCUT2D eigenvalue weighted by atomic mass is 9.96. The number of hydrogen-bond donors (Lipinski definition) is 2. The molecule has 1 aliphatic heterocycles. The molecule has 0 saturated carbocycles. The second-order valence-electron chi connectivity index (χ2n) is 6.96. The first-order chi connectivity index (χ1) is 14.6. The van der Waals surface area contributed by atoms with Gasteiger partial charge in [0.1, 0.15) is 0 Å². The Morgan fingerprint density at radius 2 is 2.03 bits per heavy atom. The number of hydrogen-bond acceptors (Lipinski definition) is 7. The minimum atomic E-state index is -5.22. The molecule has 4 rings (SSSR count). The fourth-order valence-corrected chi connectivity index (χ4v) is 4.67. The number of ether oxygens (including phenoxy) is 1. The maximum absolute atomic E-state index is 13.1. The third-order valence-electron chi connectivity index (χ3n) is 5.22. The minimum absolute atomic E-state index is 0.0685. The first-order valence-corrected chi connectivity index (χ1v) is 10.4. The summed E-state index contributed by atoms with van der Waals surface area (Å²) in [7, 11) is 0. The van der Waals surface area contributed by atoms with Gasteiger partial charge in [-0.1, -0.05) is 6.07 Å². The van der Waals surface area contributed by atoms with Crippen molar-refractivity contribution in [1.29, 1.82) is 0 Å². The highest BCUT2D eigenvalue weighted by Crippen LogP contribution is 2.46. The molecular formula is C20H20F3N5O2S. The molecule has 0 radical (unpaired) electrons. The number of guanidine groups is 1. The number of carbonyl (C=O) groups excluding carboxylic acids is 1. The van der Waals surface area contributed by atoms with Gasteiger partial charge in [0.2, 0.25) is 5.96 Å². The van der Waals surface area contributed by atoms with E-state index in [2.05, 4.69) is 4.99 Å². The Morgan fingerprint density at radius 1 is 1.29 bits per heavy atom. The van der Waals surface area contributed by atoms with Crippen LogP contribution in [0.5, 0.6) is 0 Å². The van der Waals surface area contributed by atoms with Crippen LogP contribution in [0.4, 0.5) is 18.9 Å². The van der Waals surface area contributed by atoms with Crippen LogP contribution < -0.4 is 11.5 Å². The highest BCUT2D eigenvalue weighted by atomic mass is 32.1. The van der Waals surface area contributed by atoms with Crippen molar-refractivity contribution >= 4 is 39.9 Å². The van der Waals surface area contributed by atoms with Crippen LogP contribution in [-0.2, 0) is 21.9 Å². The molecule has 164 valence electrons. The summed E-state index contributed by atoms with van der Waals surface area (Å²) in [6, 6.07) is 7.30.